The van der Waals surface area contributed by atoms with Crippen molar-refractivity contribution in [1.82, 2.24) is 19.6 Å². The third kappa shape index (κ3) is 2.96. The molecule has 0 saturated heterocycles. The normalized spacial score (nSPS) is 10.9. The summed E-state index contributed by atoms with van der Waals surface area (Å²) in [6, 6.07) is 12.1. The van der Waals surface area contributed by atoms with Gasteiger partial charge in [0.25, 0.3) is 0 Å². The Labute approximate surface area is 145 Å². The first kappa shape index (κ1) is 15.3. The summed E-state index contributed by atoms with van der Waals surface area (Å²) in [7, 11) is 5.96. The topological polar surface area (TPSA) is 55.1 Å². The van der Waals surface area contributed by atoms with Gasteiger partial charge in [0.2, 0.25) is 0 Å². The van der Waals surface area contributed by atoms with Crippen LogP contribution in [0.3, 0.4) is 0 Å². The van der Waals surface area contributed by atoms with Gasteiger partial charge in [0, 0.05) is 36.8 Å². The van der Waals surface area contributed by atoms with Crippen LogP contribution in [0.5, 0.6) is 0 Å². The molecule has 4 rings (SSSR count). The van der Waals surface area contributed by atoms with Crippen LogP contribution in [-0.2, 0) is 6.54 Å². The minimum atomic E-state index is -0.337. The fourth-order valence-electron chi connectivity index (χ4n) is 2.61. The molecule has 0 spiro atoms. The minimum Gasteiger partial charge on any atom is -0.366 e. The zero-order valence-electron chi connectivity index (χ0n) is 13.2. The SMILES string of the molecule is [B]c1cnn2c(NCc3cccnc3)cc(-c3ccccc3F)nc12. The second-order valence-electron chi connectivity index (χ2n) is 5.56. The largest absolute Gasteiger partial charge is 0.366 e. The van der Waals surface area contributed by atoms with E-state index < -0.39 is 0 Å². The van der Waals surface area contributed by atoms with Gasteiger partial charge in [-0.05, 0) is 29.2 Å². The predicted octanol–water partition coefficient (Wildman–Crippen LogP) is 2.34. The highest BCUT2D eigenvalue weighted by molar-refractivity contribution is 6.36. The molecular weight excluding hydrogens is 316 g/mol. The smallest absolute Gasteiger partial charge is 0.150 e. The highest BCUT2D eigenvalue weighted by Crippen LogP contribution is 2.24. The molecule has 3 aromatic heterocycles. The number of nitrogens with zero attached hydrogens (tertiary/aromatic N) is 4. The molecule has 0 aliphatic carbocycles. The highest BCUT2D eigenvalue weighted by atomic mass is 19.1. The summed E-state index contributed by atoms with van der Waals surface area (Å²) < 4.78 is 15.8. The number of anilines is 1. The van der Waals surface area contributed by atoms with Crippen LogP contribution in [0.1, 0.15) is 5.56 Å². The molecule has 2 radical (unpaired) electrons. The molecule has 1 N–H and O–H groups in total. The van der Waals surface area contributed by atoms with Crippen LogP contribution in [0.15, 0.2) is 61.1 Å². The van der Waals surface area contributed by atoms with Crippen molar-refractivity contribution < 1.29 is 4.39 Å². The number of rotatable bonds is 4. The maximum Gasteiger partial charge on any atom is 0.150 e. The van der Waals surface area contributed by atoms with E-state index in [1.165, 1.54) is 12.3 Å². The summed E-state index contributed by atoms with van der Waals surface area (Å²) in [6.07, 6.45) is 5.03. The zero-order chi connectivity index (χ0) is 17.2. The van der Waals surface area contributed by atoms with E-state index in [1.807, 2.05) is 12.1 Å². The first-order valence-corrected chi connectivity index (χ1v) is 7.74. The Kier molecular flexibility index (Phi) is 3.89. The van der Waals surface area contributed by atoms with Crippen molar-refractivity contribution in [2.45, 2.75) is 6.54 Å². The van der Waals surface area contributed by atoms with Crippen molar-refractivity contribution in [2.24, 2.45) is 0 Å². The quantitative estimate of drug-likeness (QED) is 0.584. The Morgan fingerprint density at radius 2 is 2.00 bits per heavy atom. The number of nitrogens with one attached hydrogen (secondary N) is 1. The van der Waals surface area contributed by atoms with Crippen LogP contribution < -0.4 is 10.8 Å². The van der Waals surface area contributed by atoms with E-state index in [-0.39, 0.29) is 5.82 Å². The van der Waals surface area contributed by atoms with Gasteiger partial charge < -0.3 is 5.32 Å². The lowest BCUT2D eigenvalue weighted by molar-refractivity contribution is 0.630. The highest BCUT2D eigenvalue weighted by Gasteiger charge is 2.12. The Hall–Kier alpha value is -3.22. The lowest BCUT2D eigenvalue weighted by Gasteiger charge is -2.11. The number of aromatic nitrogens is 4. The summed E-state index contributed by atoms with van der Waals surface area (Å²) in [5, 5.41) is 7.53. The fraction of sp³-hybridized carbons (Fsp3) is 0.0556. The Bertz CT molecular complexity index is 1030. The third-order valence-corrected chi connectivity index (χ3v) is 3.85. The van der Waals surface area contributed by atoms with Crippen LogP contribution in [0.25, 0.3) is 16.9 Å². The molecule has 0 aliphatic heterocycles. The number of pyridine rings is 1. The van der Waals surface area contributed by atoms with E-state index in [1.54, 1.807) is 41.2 Å². The van der Waals surface area contributed by atoms with E-state index in [4.69, 9.17) is 7.85 Å². The summed E-state index contributed by atoms with van der Waals surface area (Å²) >= 11 is 0. The molecule has 0 unspecified atom stereocenters. The van der Waals surface area contributed by atoms with Gasteiger partial charge in [0.1, 0.15) is 19.5 Å². The second-order valence-corrected chi connectivity index (χ2v) is 5.56. The first-order valence-electron chi connectivity index (χ1n) is 7.74. The molecule has 0 aliphatic rings. The van der Waals surface area contributed by atoms with Crippen LogP contribution in [-0.4, -0.2) is 27.4 Å². The van der Waals surface area contributed by atoms with Gasteiger partial charge in [-0.25, -0.2) is 9.37 Å². The Morgan fingerprint density at radius 1 is 1.12 bits per heavy atom. The number of hydrogen-bond acceptors (Lipinski definition) is 4. The maximum absolute atomic E-state index is 14.2. The Morgan fingerprint density at radius 3 is 2.80 bits per heavy atom. The van der Waals surface area contributed by atoms with Crippen LogP contribution in [0, 0.1) is 5.82 Å². The molecule has 3 heterocycles. The molecule has 4 aromatic rings. The molecule has 25 heavy (non-hydrogen) atoms. The van der Waals surface area contributed by atoms with Gasteiger partial charge in [0.05, 0.1) is 5.69 Å². The van der Waals surface area contributed by atoms with Crippen LogP contribution >= 0.6 is 0 Å². The first-order chi connectivity index (χ1) is 12.2. The summed E-state index contributed by atoms with van der Waals surface area (Å²) in [6.45, 7) is 0.545. The lowest BCUT2D eigenvalue weighted by Crippen LogP contribution is -2.09. The standard InChI is InChI=1S/C18H13BFN5/c19-14-11-23-25-17(22-10-12-4-3-7-21-9-12)8-16(24-18(14)25)13-5-1-2-6-15(13)20/h1-9,11,22H,10H2. The fourth-order valence-corrected chi connectivity index (χ4v) is 2.61. The molecule has 1 aromatic carbocycles. The van der Waals surface area contributed by atoms with Gasteiger partial charge in [-0.15, -0.1) is 0 Å². The molecule has 0 amide bonds. The zero-order valence-corrected chi connectivity index (χ0v) is 13.2. The van der Waals surface area contributed by atoms with Crippen molar-refractivity contribution in [2.75, 3.05) is 5.32 Å². The summed E-state index contributed by atoms with van der Waals surface area (Å²) in [5.74, 6) is 0.333. The predicted molar refractivity (Wildman–Crippen MR) is 95.3 cm³/mol. The number of fused-ring (bicyclic) bond motifs is 1. The van der Waals surface area contributed by atoms with E-state index in [0.717, 1.165) is 5.56 Å². The van der Waals surface area contributed by atoms with E-state index >= 15 is 0 Å². The van der Waals surface area contributed by atoms with E-state index in [2.05, 4.69) is 20.4 Å². The molecular formula is C18H13BFN5. The molecule has 5 nitrogen and oxygen atoms in total. The van der Waals surface area contributed by atoms with Gasteiger partial charge in [0.15, 0.2) is 5.65 Å². The second kappa shape index (κ2) is 6.35. The lowest BCUT2D eigenvalue weighted by atomic mass is 10.0. The van der Waals surface area contributed by atoms with Gasteiger partial charge in [-0.3, -0.25) is 4.98 Å². The molecule has 0 saturated carbocycles. The molecule has 0 atom stereocenters. The van der Waals surface area contributed by atoms with Crippen molar-refractivity contribution in [1.29, 1.82) is 0 Å². The van der Waals surface area contributed by atoms with Crippen LogP contribution in [0.4, 0.5) is 10.2 Å². The third-order valence-electron chi connectivity index (χ3n) is 3.85. The number of benzene rings is 1. The average molecular weight is 329 g/mol. The summed E-state index contributed by atoms with van der Waals surface area (Å²) in [5.41, 5.74) is 2.83. The summed E-state index contributed by atoms with van der Waals surface area (Å²) in [4.78, 5) is 8.56. The molecule has 120 valence electrons. The van der Waals surface area contributed by atoms with Gasteiger partial charge in [-0.2, -0.15) is 9.61 Å². The minimum absolute atomic E-state index is 0.337. The number of hydrogen-bond donors (Lipinski definition) is 1. The van der Waals surface area contributed by atoms with Gasteiger partial charge in [-0.1, -0.05) is 18.2 Å². The van der Waals surface area contributed by atoms with Crippen molar-refractivity contribution in [3.8, 4) is 11.3 Å². The average Bonchev–Trinajstić information content (AvgIpc) is 3.02. The molecule has 0 bridgehead atoms. The molecule has 7 heteroatoms. The van der Waals surface area contributed by atoms with Crippen molar-refractivity contribution in [3.63, 3.8) is 0 Å². The number of halogens is 1. The van der Waals surface area contributed by atoms with E-state index in [9.17, 15) is 4.39 Å². The van der Waals surface area contributed by atoms with Crippen molar-refractivity contribution >= 4 is 24.8 Å². The monoisotopic (exact) mass is 329 g/mol. The Balaban J connectivity index is 1.78. The van der Waals surface area contributed by atoms with Gasteiger partial charge >= 0.3 is 0 Å². The maximum atomic E-state index is 14.2. The van der Waals surface area contributed by atoms with Crippen LogP contribution in [0.2, 0.25) is 0 Å². The van der Waals surface area contributed by atoms with E-state index in [0.29, 0.717) is 34.7 Å². The van der Waals surface area contributed by atoms with Crippen molar-refractivity contribution in [3.05, 3.63) is 72.4 Å². The molecule has 0 fully saturated rings.